The number of carbonyl (C=O) groups is 1. The molecule has 0 saturated carbocycles. The Hall–Kier alpha value is -3.21. The Labute approximate surface area is 151 Å². The molecule has 0 spiro atoms. The minimum Gasteiger partial charge on any atom is -0.455 e. The summed E-state index contributed by atoms with van der Waals surface area (Å²) in [6.45, 7) is 4.05. The second-order valence-electron chi connectivity index (χ2n) is 6.10. The fourth-order valence-corrected chi connectivity index (χ4v) is 2.50. The van der Waals surface area contributed by atoms with Crippen molar-refractivity contribution in [1.29, 1.82) is 0 Å². The number of hydrazone groups is 1. The van der Waals surface area contributed by atoms with Gasteiger partial charge in [-0.1, -0.05) is 18.2 Å². The van der Waals surface area contributed by atoms with Gasteiger partial charge in [-0.05, 0) is 66.9 Å². The largest absolute Gasteiger partial charge is 0.455 e. The third kappa shape index (κ3) is 4.45. The van der Waals surface area contributed by atoms with Crippen LogP contribution in [-0.4, -0.2) is 12.1 Å². The zero-order valence-electron chi connectivity index (χ0n) is 14.6. The molecule has 5 heteroatoms. The van der Waals surface area contributed by atoms with E-state index in [2.05, 4.69) is 10.5 Å². The van der Waals surface area contributed by atoms with Crippen molar-refractivity contribution in [3.8, 4) is 11.3 Å². The molecule has 0 fully saturated rings. The smallest absolute Gasteiger partial charge is 0.244 e. The highest BCUT2D eigenvalue weighted by Gasteiger charge is 2.05. The molecule has 0 aliphatic heterocycles. The Balaban J connectivity index is 1.57. The lowest BCUT2D eigenvalue weighted by Gasteiger charge is -2.04. The molecule has 0 saturated heterocycles. The van der Waals surface area contributed by atoms with Gasteiger partial charge in [0.05, 0.1) is 12.6 Å². The predicted octanol–water partition coefficient (Wildman–Crippen LogP) is 4.40. The lowest BCUT2D eigenvalue weighted by molar-refractivity contribution is -0.120. The lowest BCUT2D eigenvalue weighted by atomic mass is 10.0. The number of hydrogen-bond donors (Lipinski definition) is 1. The maximum absolute atomic E-state index is 13.0. The normalized spacial score (nSPS) is 11.0. The summed E-state index contributed by atoms with van der Waals surface area (Å²) in [5.74, 6) is 0.604. The van der Waals surface area contributed by atoms with Crippen LogP contribution in [0.15, 0.2) is 64.1 Å². The molecular weight excluding hydrogens is 331 g/mol. The van der Waals surface area contributed by atoms with Gasteiger partial charge in [0.25, 0.3) is 0 Å². The molecule has 3 rings (SSSR count). The quantitative estimate of drug-likeness (QED) is 0.548. The van der Waals surface area contributed by atoms with Crippen LogP contribution in [0.25, 0.3) is 11.3 Å². The third-order valence-corrected chi connectivity index (χ3v) is 4.07. The molecule has 3 aromatic rings. The Morgan fingerprint density at radius 1 is 1.08 bits per heavy atom. The molecule has 0 atom stereocenters. The highest BCUT2D eigenvalue weighted by molar-refractivity contribution is 5.82. The van der Waals surface area contributed by atoms with Crippen LogP contribution >= 0.6 is 0 Å². The van der Waals surface area contributed by atoms with Gasteiger partial charge in [0, 0.05) is 5.56 Å². The van der Waals surface area contributed by atoms with E-state index in [1.54, 1.807) is 24.3 Å². The molecule has 1 heterocycles. The summed E-state index contributed by atoms with van der Waals surface area (Å²) in [5.41, 5.74) is 6.55. The van der Waals surface area contributed by atoms with E-state index in [1.807, 2.05) is 32.0 Å². The first-order valence-corrected chi connectivity index (χ1v) is 8.25. The van der Waals surface area contributed by atoms with Crippen LogP contribution in [0.1, 0.15) is 22.5 Å². The Morgan fingerprint density at radius 2 is 1.85 bits per heavy atom. The second-order valence-corrected chi connectivity index (χ2v) is 6.10. The topological polar surface area (TPSA) is 54.6 Å². The summed E-state index contributed by atoms with van der Waals surface area (Å²) in [4.78, 5) is 12.0. The first-order valence-electron chi connectivity index (χ1n) is 8.25. The van der Waals surface area contributed by atoms with Crippen molar-refractivity contribution in [2.45, 2.75) is 20.3 Å². The molecule has 2 aromatic carbocycles. The molecule has 0 aliphatic rings. The van der Waals surface area contributed by atoms with Crippen LogP contribution in [0, 0.1) is 19.7 Å². The zero-order chi connectivity index (χ0) is 18.5. The van der Waals surface area contributed by atoms with E-state index in [4.69, 9.17) is 4.42 Å². The lowest BCUT2D eigenvalue weighted by Crippen LogP contribution is -2.19. The number of hydrogen-bond acceptors (Lipinski definition) is 3. The molecule has 1 amide bonds. The van der Waals surface area contributed by atoms with Gasteiger partial charge in [-0.3, -0.25) is 4.79 Å². The fourth-order valence-electron chi connectivity index (χ4n) is 2.50. The van der Waals surface area contributed by atoms with E-state index < -0.39 is 0 Å². The minimum atomic E-state index is -0.298. The Morgan fingerprint density at radius 3 is 2.58 bits per heavy atom. The van der Waals surface area contributed by atoms with Crippen LogP contribution in [-0.2, 0) is 11.2 Å². The van der Waals surface area contributed by atoms with Crippen LogP contribution in [0.4, 0.5) is 4.39 Å². The molecule has 0 radical (unpaired) electrons. The van der Waals surface area contributed by atoms with E-state index in [0.717, 1.165) is 16.7 Å². The number of furan rings is 1. The molecule has 1 aromatic heterocycles. The van der Waals surface area contributed by atoms with Crippen LogP contribution < -0.4 is 5.43 Å². The predicted molar refractivity (Wildman–Crippen MR) is 99.5 cm³/mol. The van der Waals surface area contributed by atoms with Crippen molar-refractivity contribution in [3.05, 3.63) is 82.9 Å². The summed E-state index contributed by atoms with van der Waals surface area (Å²) in [5, 5.41) is 3.92. The highest BCUT2D eigenvalue weighted by atomic mass is 19.1. The maximum atomic E-state index is 13.0. The SMILES string of the molecule is Cc1ccc(CC(=O)N/N=C/c2ccc(-c3ccc(F)cc3)o2)cc1C. The average molecular weight is 350 g/mol. The number of amides is 1. The number of nitrogens with one attached hydrogen (secondary N) is 1. The third-order valence-electron chi connectivity index (χ3n) is 4.07. The molecule has 0 aliphatic carbocycles. The first-order chi connectivity index (χ1) is 12.5. The van der Waals surface area contributed by atoms with E-state index in [1.165, 1.54) is 23.9 Å². The van der Waals surface area contributed by atoms with Gasteiger partial charge in [0.1, 0.15) is 17.3 Å². The van der Waals surface area contributed by atoms with Crippen molar-refractivity contribution in [1.82, 2.24) is 5.43 Å². The highest BCUT2D eigenvalue weighted by Crippen LogP contribution is 2.21. The fraction of sp³-hybridized carbons (Fsp3) is 0.143. The zero-order valence-corrected chi connectivity index (χ0v) is 14.6. The van der Waals surface area contributed by atoms with Gasteiger partial charge < -0.3 is 4.42 Å². The summed E-state index contributed by atoms with van der Waals surface area (Å²) in [6, 6.07) is 15.5. The summed E-state index contributed by atoms with van der Waals surface area (Å²) in [7, 11) is 0. The molecule has 132 valence electrons. The molecule has 0 unspecified atom stereocenters. The maximum Gasteiger partial charge on any atom is 0.244 e. The molecule has 4 nitrogen and oxygen atoms in total. The van der Waals surface area contributed by atoms with E-state index in [9.17, 15) is 9.18 Å². The Bertz CT molecular complexity index is 943. The summed E-state index contributed by atoms with van der Waals surface area (Å²) < 4.78 is 18.6. The van der Waals surface area contributed by atoms with Gasteiger partial charge in [0.2, 0.25) is 5.91 Å². The van der Waals surface area contributed by atoms with Crippen molar-refractivity contribution >= 4 is 12.1 Å². The second kappa shape index (κ2) is 7.78. The number of rotatable bonds is 5. The van der Waals surface area contributed by atoms with Gasteiger partial charge in [-0.2, -0.15) is 5.10 Å². The van der Waals surface area contributed by atoms with Gasteiger partial charge in [0.15, 0.2) is 0 Å². The van der Waals surface area contributed by atoms with Crippen molar-refractivity contribution in [3.63, 3.8) is 0 Å². The van der Waals surface area contributed by atoms with E-state index in [0.29, 0.717) is 11.5 Å². The van der Waals surface area contributed by atoms with Crippen molar-refractivity contribution in [2.24, 2.45) is 5.10 Å². The molecular formula is C21H19FN2O2. The summed E-state index contributed by atoms with van der Waals surface area (Å²) in [6.07, 6.45) is 1.70. The first kappa shape index (κ1) is 17.6. The Kier molecular flexibility index (Phi) is 5.27. The van der Waals surface area contributed by atoms with Crippen LogP contribution in [0.3, 0.4) is 0 Å². The number of aryl methyl sites for hydroxylation is 2. The van der Waals surface area contributed by atoms with E-state index >= 15 is 0 Å². The monoisotopic (exact) mass is 350 g/mol. The average Bonchev–Trinajstić information content (AvgIpc) is 3.08. The van der Waals surface area contributed by atoms with Crippen molar-refractivity contribution in [2.75, 3.05) is 0 Å². The van der Waals surface area contributed by atoms with Crippen molar-refractivity contribution < 1.29 is 13.6 Å². The molecule has 0 bridgehead atoms. The number of nitrogens with zero attached hydrogens (tertiary/aromatic N) is 1. The minimum absolute atomic E-state index is 0.199. The van der Waals surface area contributed by atoms with Gasteiger partial charge in [-0.15, -0.1) is 0 Å². The number of benzene rings is 2. The number of halogens is 1. The number of carbonyl (C=O) groups excluding carboxylic acids is 1. The van der Waals surface area contributed by atoms with Crippen LogP contribution in [0.5, 0.6) is 0 Å². The summed E-state index contributed by atoms with van der Waals surface area (Å²) >= 11 is 0. The standard InChI is InChI=1S/C21H19FN2O2/c1-14-3-4-16(11-15(14)2)12-21(25)24-23-13-19-9-10-20(26-19)17-5-7-18(22)8-6-17/h3-11,13H,12H2,1-2H3,(H,24,25)/b23-13+. The molecule has 1 N–H and O–H groups in total. The van der Waals surface area contributed by atoms with E-state index in [-0.39, 0.29) is 18.1 Å². The van der Waals surface area contributed by atoms with Crippen LogP contribution in [0.2, 0.25) is 0 Å². The molecule has 26 heavy (non-hydrogen) atoms. The van der Waals surface area contributed by atoms with Gasteiger partial charge in [-0.25, -0.2) is 9.82 Å². The van der Waals surface area contributed by atoms with Gasteiger partial charge >= 0.3 is 0 Å².